The number of nitriles is 1. The molecule has 5 rings (SSSR count). The number of benzene rings is 2. The molecule has 1 fully saturated rings. The summed E-state index contributed by atoms with van der Waals surface area (Å²) >= 11 is 0. The van der Waals surface area contributed by atoms with Gasteiger partial charge in [-0.1, -0.05) is 55.8 Å². The Kier molecular flexibility index (Phi) is 9.13. The van der Waals surface area contributed by atoms with Gasteiger partial charge in [-0.15, -0.1) is 0 Å². The van der Waals surface area contributed by atoms with Crippen LogP contribution in [0.1, 0.15) is 74.4 Å². The van der Waals surface area contributed by atoms with E-state index in [1.165, 1.54) is 6.20 Å². The van der Waals surface area contributed by atoms with Crippen molar-refractivity contribution in [1.29, 1.82) is 5.26 Å². The van der Waals surface area contributed by atoms with Crippen LogP contribution in [0, 0.1) is 17.1 Å². The average Bonchev–Trinajstić information content (AvgIpc) is 3.39. The third-order valence-electron chi connectivity index (χ3n) is 7.94. The predicted octanol–water partition coefficient (Wildman–Crippen LogP) is 5.78. The van der Waals surface area contributed by atoms with Crippen molar-refractivity contribution in [2.24, 2.45) is 0 Å². The molecule has 0 aliphatic heterocycles. The molecule has 2 aromatic carbocycles. The van der Waals surface area contributed by atoms with E-state index in [0.717, 1.165) is 28.8 Å². The highest BCUT2D eigenvalue weighted by molar-refractivity contribution is 5.71. The topological polar surface area (TPSA) is 98.6 Å². The Labute approximate surface area is 244 Å². The van der Waals surface area contributed by atoms with E-state index in [-0.39, 0.29) is 30.0 Å². The lowest BCUT2D eigenvalue weighted by Crippen LogP contribution is -2.35. The second-order valence-electron chi connectivity index (χ2n) is 10.7. The Balaban J connectivity index is 1.46. The fourth-order valence-corrected chi connectivity index (χ4v) is 5.94. The zero-order chi connectivity index (χ0) is 29.6. The number of hydrogen-bond acceptors (Lipinski definition) is 6. The van der Waals surface area contributed by atoms with Crippen LogP contribution in [0.2, 0.25) is 0 Å². The number of carbonyl (C=O) groups is 1. The van der Waals surface area contributed by atoms with E-state index >= 15 is 4.39 Å². The van der Waals surface area contributed by atoms with Crippen LogP contribution >= 0.6 is 0 Å². The zero-order valence-electron chi connectivity index (χ0n) is 24.0. The maximum absolute atomic E-state index is 15.2. The summed E-state index contributed by atoms with van der Waals surface area (Å²) in [5.74, 6) is -0.908. The van der Waals surface area contributed by atoms with Gasteiger partial charge in [0.05, 0.1) is 36.2 Å². The molecule has 0 bridgehead atoms. The monoisotopic (exact) mass is 570 g/mol. The van der Waals surface area contributed by atoms with Gasteiger partial charge in [-0.25, -0.2) is 13.7 Å². The summed E-state index contributed by atoms with van der Waals surface area (Å²) < 4.78 is 29.1. The van der Waals surface area contributed by atoms with E-state index in [1.807, 2.05) is 49.4 Å². The van der Waals surface area contributed by atoms with Crippen molar-refractivity contribution in [3.63, 3.8) is 0 Å². The number of hydrogen-bond donors (Lipinski definition) is 0. The van der Waals surface area contributed by atoms with Crippen LogP contribution in [0.3, 0.4) is 0 Å². The molecule has 42 heavy (non-hydrogen) atoms. The van der Waals surface area contributed by atoms with E-state index in [9.17, 15) is 14.9 Å². The lowest BCUT2D eigenvalue weighted by molar-refractivity contribution is -0.151. The average molecular weight is 571 g/mol. The highest BCUT2D eigenvalue weighted by atomic mass is 19.1. The minimum Gasteiger partial charge on any atom is -0.464 e. The number of halogens is 1. The minimum atomic E-state index is -0.516. The van der Waals surface area contributed by atoms with Gasteiger partial charge in [-0.3, -0.25) is 9.36 Å². The van der Waals surface area contributed by atoms with Crippen molar-refractivity contribution < 1.29 is 18.7 Å². The van der Waals surface area contributed by atoms with Crippen molar-refractivity contribution in [2.45, 2.75) is 70.9 Å². The van der Waals surface area contributed by atoms with Gasteiger partial charge < -0.3 is 9.47 Å². The quantitative estimate of drug-likeness (QED) is 0.224. The molecule has 0 spiro atoms. The molecular formula is C33H35FN4O4. The summed E-state index contributed by atoms with van der Waals surface area (Å²) in [6.45, 7) is 3.99. The lowest BCUT2D eigenvalue weighted by Gasteiger charge is -2.31. The van der Waals surface area contributed by atoms with Crippen molar-refractivity contribution in [2.75, 3.05) is 13.2 Å². The van der Waals surface area contributed by atoms with Crippen molar-refractivity contribution in [1.82, 2.24) is 14.2 Å². The fraction of sp³-hybridized carbons (Fsp3) is 0.394. The molecule has 0 unspecified atom stereocenters. The number of ether oxygens (including phenoxy) is 2. The first-order chi connectivity index (χ1) is 20.4. The van der Waals surface area contributed by atoms with Gasteiger partial charge in [-0.05, 0) is 61.8 Å². The molecule has 0 saturated heterocycles. The van der Waals surface area contributed by atoms with Crippen LogP contribution in [0.4, 0.5) is 4.39 Å². The maximum Gasteiger partial charge on any atom is 0.332 e. The molecule has 1 aliphatic rings. The Morgan fingerprint density at radius 1 is 1.10 bits per heavy atom. The number of rotatable bonds is 10. The second-order valence-corrected chi connectivity index (χ2v) is 10.7. The van der Waals surface area contributed by atoms with E-state index in [1.54, 1.807) is 22.1 Å². The predicted molar refractivity (Wildman–Crippen MR) is 157 cm³/mol. The van der Waals surface area contributed by atoms with Crippen LogP contribution in [-0.2, 0) is 27.1 Å². The third kappa shape index (κ3) is 6.00. The van der Waals surface area contributed by atoms with E-state index < -0.39 is 11.8 Å². The Bertz CT molecular complexity index is 1660. The summed E-state index contributed by atoms with van der Waals surface area (Å²) in [7, 11) is 0. The van der Waals surface area contributed by atoms with Crippen LogP contribution in [0.5, 0.6) is 0 Å². The summed E-state index contributed by atoms with van der Waals surface area (Å²) in [6, 6.07) is 17.4. The van der Waals surface area contributed by atoms with Gasteiger partial charge in [0.2, 0.25) is 0 Å². The molecule has 1 saturated carbocycles. The molecule has 4 aromatic rings. The molecule has 0 radical (unpaired) electrons. The van der Waals surface area contributed by atoms with Crippen molar-refractivity contribution in [3.8, 4) is 17.2 Å². The number of nitrogens with zero attached hydrogens (tertiary/aromatic N) is 4. The first kappa shape index (κ1) is 29.2. The van der Waals surface area contributed by atoms with Gasteiger partial charge in [-0.2, -0.15) is 10.4 Å². The van der Waals surface area contributed by atoms with Gasteiger partial charge in [0.25, 0.3) is 5.56 Å². The smallest absolute Gasteiger partial charge is 0.332 e. The van der Waals surface area contributed by atoms with Gasteiger partial charge in [0.15, 0.2) is 11.5 Å². The molecular weight excluding hydrogens is 535 g/mol. The minimum absolute atomic E-state index is 0.0959. The fourth-order valence-electron chi connectivity index (χ4n) is 5.94. The first-order valence-electron chi connectivity index (χ1n) is 14.6. The number of carbonyl (C=O) groups excluding carboxylic acids is 1. The summed E-state index contributed by atoms with van der Waals surface area (Å²) in [5.41, 5.74) is 4.67. The zero-order valence-corrected chi connectivity index (χ0v) is 24.0. The maximum atomic E-state index is 15.2. The van der Waals surface area contributed by atoms with Crippen LogP contribution < -0.4 is 5.56 Å². The van der Waals surface area contributed by atoms with Gasteiger partial charge >= 0.3 is 5.97 Å². The highest BCUT2D eigenvalue weighted by Crippen LogP contribution is 2.32. The van der Waals surface area contributed by atoms with Crippen molar-refractivity contribution in [3.05, 3.63) is 93.3 Å². The number of fused-ring (bicyclic) bond motifs is 1. The molecule has 0 amide bonds. The molecule has 2 heterocycles. The van der Waals surface area contributed by atoms with Crippen LogP contribution in [-0.4, -0.2) is 39.5 Å². The van der Waals surface area contributed by atoms with Gasteiger partial charge in [0.1, 0.15) is 6.61 Å². The molecule has 2 aromatic heterocycles. The standard InChI is InChI=1S/C33H35FN4O4/c1-3-7-30-28(18-22-10-12-23(13-11-22)27-9-6-5-8-24(27)19-35)33(40)37(32-29(34)20-36-38(30)32)25-14-16-26(17-15-25)42-21-31(39)41-4-2/h5-6,8-13,20,25-26H,3-4,7,14-18,21H2,1-2H3. The number of esters is 1. The molecule has 0 N–H and O–H groups in total. The SMILES string of the molecule is CCCc1c(Cc2ccc(-c3ccccc3C#N)cc2)c(=O)n(C2CCC(OCC(=O)OCC)CC2)c2c(F)cnn12. The van der Waals surface area contributed by atoms with E-state index in [4.69, 9.17) is 9.47 Å². The lowest BCUT2D eigenvalue weighted by atomic mass is 9.92. The third-order valence-corrected chi connectivity index (χ3v) is 7.94. The number of aryl methyl sites for hydroxylation is 1. The van der Waals surface area contributed by atoms with E-state index in [0.29, 0.717) is 56.3 Å². The van der Waals surface area contributed by atoms with Crippen molar-refractivity contribution >= 4 is 11.6 Å². The largest absolute Gasteiger partial charge is 0.464 e. The molecule has 1 aliphatic carbocycles. The van der Waals surface area contributed by atoms with Crippen LogP contribution in [0.15, 0.2) is 59.5 Å². The normalized spacial score (nSPS) is 16.8. The Hall–Kier alpha value is -4.29. The second kappa shape index (κ2) is 13.1. The summed E-state index contributed by atoms with van der Waals surface area (Å²) in [4.78, 5) is 25.9. The first-order valence-corrected chi connectivity index (χ1v) is 14.6. The van der Waals surface area contributed by atoms with E-state index in [2.05, 4.69) is 11.2 Å². The summed E-state index contributed by atoms with van der Waals surface area (Å²) in [5, 5.41) is 13.9. The molecule has 0 atom stereocenters. The Morgan fingerprint density at radius 2 is 1.83 bits per heavy atom. The highest BCUT2D eigenvalue weighted by Gasteiger charge is 2.29. The molecule has 218 valence electrons. The summed E-state index contributed by atoms with van der Waals surface area (Å²) in [6.07, 6.45) is 5.35. The van der Waals surface area contributed by atoms with Gasteiger partial charge in [0, 0.05) is 18.0 Å². The molecule has 8 nitrogen and oxygen atoms in total. The Morgan fingerprint density at radius 3 is 2.52 bits per heavy atom. The van der Waals surface area contributed by atoms with Crippen LogP contribution in [0.25, 0.3) is 16.8 Å². The molecule has 9 heteroatoms. The number of aromatic nitrogens is 3.